The lowest BCUT2D eigenvalue weighted by molar-refractivity contribution is -0.166. The summed E-state index contributed by atoms with van der Waals surface area (Å²) < 4.78 is 12.0. The lowest BCUT2D eigenvalue weighted by Crippen LogP contribution is -2.44. The molecule has 1 spiro atoms. The molecule has 1 aromatic rings. The van der Waals surface area contributed by atoms with Crippen LogP contribution in [0, 0.1) is 0 Å². The minimum atomic E-state index is -0.449. The molecule has 4 heteroatoms. The zero-order chi connectivity index (χ0) is 13.4. The van der Waals surface area contributed by atoms with Gasteiger partial charge in [-0.05, 0) is 5.56 Å². The zero-order valence-electron chi connectivity index (χ0n) is 11.8. The lowest BCUT2D eigenvalue weighted by atomic mass is 10.0. The van der Waals surface area contributed by atoms with Crippen molar-refractivity contribution in [3.05, 3.63) is 35.4 Å². The summed E-state index contributed by atoms with van der Waals surface area (Å²) in [6.07, 6.45) is 0.969. The summed E-state index contributed by atoms with van der Waals surface area (Å²) in [6.45, 7) is 7.05. The first-order chi connectivity index (χ1) is 9.87. The van der Waals surface area contributed by atoms with E-state index in [1.807, 2.05) is 0 Å². The molecule has 1 aromatic carbocycles. The topological polar surface area (TPSA) is 33.7 Å². The summed E-state index contributed by atoms with van der Waals surface area (Å²) >= 11 is 0. The fourth-order valence-corrected chi connectivity index (χ4v) is 3.84. The minimum absolute atomic E-state index is 0.449. The maximum atomic E-state index is 5.99. The average Bonchev–Trinajstić information content (AvgIpc) is 3.08. The van der Waals surface area contributed by atoms with Crippen LogP contribution in [0.2, 0.25) is 0 Å². The largest absolute Gasteiger partial charge is 0.343 e. The van der Waals surface area contributed by atoms with Crippen LogP contribution in [-0.2, 0) is 15.3 Å². The second-order valence-electron chi connectivity index (χ2n) is 5.99. The van der Waals surface area contributed by atoms with Crippen molar-refractivity contribution < 1.29 is 9.47 Å². The number of benzene rings is 1. The number of ether oxygens (including phenoxy) is 2. The van der Waals surface area contributed by atoms with Crippen LogP contribution in [0.1, 0.15) is 23.5 Å². The van der Waals surface area contributed by atoms with Crippen LogP contribution >= 0.6 is 0 Å². The molecule has 0 aromatic heterocycles. The van der Waals surface area contributed by atoms with Gasteiger partial charge in [0, 0.05) is 50.6 Å². The summed E-state index contributed by atoms with van der Waals surface area (Å²) in [5.74, 6) is 0.0809. The van der Waals surface area contributed by atoms with Crippen molar-refractivity contribution in [2.24, 2.45) is 0 Å². The number of fused-ring (bicyclic) bond motifs is 2. The van der Waals surface area contributed by atoms with Crippen molar-refractivity contribution in [3.8, 4) is 0 Å². The molecule has 1 aliphatic carbocycles. The smallest absolute Gasteiger partial charge is 0.195 e. The van der Waals surface area contributed by atoms with Crippen LogP contribution in [-0.4, -0.2) is 50.8 Å². The van der Waals surface area contributed by atoms with Crippen LogP contribution < -0.4 is 5.32 Å². The first-order valence-electron chi connectivity index (χ1n) is 7.68. The van der Waals surface area contributed by atoms with Crippen molar-refractivity contribution >= 4 is 0 Å². The molecule has 2 heterocycles. The highest BCUT2D eigenvalue weighted by Gasteiger charge is 2.48. The van der Waals surface area contributed by atoms with Crippen LogP contribution in [0.25, 0.3) is 0 Å². The molecule has 1 atom stereocenters. The van der Waals surface area contributed by atoms with Crippen molar-refractivity contribution in [3.63, 3.8) is 0 Å². The van der Waals surface area contributed by atoms with Gasteiger partial charge in [-0.3, -0.25) is 0 Å². The second kappa shape index (κ2) is 5.11. The Labute approximate surface area is 120 Å². The molecule has 4 rings (SSSR count). The van der Waals surface area contributed by atoms with E-state index in [0.29, 0.717) is 19.1 Å². The molecule has 0 amide bonds. The fourth-order valence-electron chi connectivity index (χ4n) is 3.84. The first-order valence-corrected chi connectivity index (χ1v) is 7.68. The minimum Gasteiger partial charge on any atom is -0.343 e. The second-order valence-corrected chi connectivity index (χ2v) is 5.99. The van der Waals surface area contributed by atoms with Crippen molar-refractivity contribution in [2.45, 2.75) is 18.1 Å². The van der Waals surface area contributed by atoms with Gasteiger partial charge in [-0.1, -0.05) is 24.3 Å². The molecule has 3 aliphatic rings. The van der Waals surface area contributed by atoms with E-state index in [4.69, 9.17) is 9.47 Å². The summed E-state index contributed by atoms with van der Waals surface area (Å²) in [5, 5.41) is 3.42. The third kappa shape index (κ3) is 2.07. The molecule has 108 valence electrons. The van der Waals surface area contributed by atoms with Gasteiger partial charge in [-0.15, -0.1) is 0 Å². The summed E-state index contributed by atoms with van der Waals surface area (Å²) in [7, 11) is 0. The Morgan fingerprint density at radius 1 is 1.15 bits per heavy atom. The van der Waals surface area contributed by atoms with Gasteiger partial charge in [0.1, 0.15) is 0 Å². The molecular weight excluding hydrogens is 252 g/mol. The Bertz CT molecular complexity index is 479. The van der Waals surface area contributed by atoms with Crippen LogP contribution in [0.5, 0.6) is 0 Å². The number of hydrogen-bond acceptors (Lipinski definition) is 4. The van der Waals surface area contributed by atoms with Gasteiger partial charge in [0.2, 0.25) is 0 Å². The van der Waals surface area contributed by atoms with E-state index in [1.165, 1.54) is 11.1 Å². The predicted octanol–water partition coefficient (Wildman–Crippen LogP) is 1.28. The van der Waals surface area contributed by atoms with Crippen molar-refractivity contribution in [2.75, 3.05) is 45.9 Å². The molecule has 2 saturated heterocycles. The molecule has 1 N–H and O–H groups in total. The number of nitrogens with zero attached hydrogens (tertiary/aromatic N) is 1. The molecule has 0 bridgehead atoms. The third-order valence-electron chi connectivity index (χ3n) is 4.77. The highest BCUT2D eigenvalue weighted by molar-refractivity contribution is 5.40. The monoisotopic (exact) mass is 274 g/mol. The van der Waals surface area contributed by atoms with E-state index in [2.05, 4.69) is 34.5 Å². The Morgan fingerprint density at radius 3 is 2.70 bits per heavy atom. The van der Waals surface area contributed by atoms with E-state index < -0.39 is 5.79 Å². The van der Waals surface area contributed by atoms with Gasteiger partial charge in [-0.25, -0.2) is 0 Å². The standard InChI is InChI=1S/C16H22N2O2/c1-2-4-15-14(3-1)13(11-16(15)19-9-10-20-16)12-18-7-5-17-6-8-18/h1-4,13,17H,5-12H2. The van der Waals surface area contributed by atoms with E-state index in [1.54, 1.807) is 0 Å². The van der Waals surface area contributed by atoms with Crippen LogP contribution in [0.3, 0.4) is 0 Å². The third-order valence-corrected chi connectivity index (χ3v) is 4.77. The molecule has 0 saturated carbocycles. The highest BCUT2D eigenvalue weighted by Crippen LogP contribution is 2.49. The maximum absolute atomic E-state index is 5.99. The van der Waals surface area contributed by atoms with Crippen LogP contribution in [0.4, 0.5) is 0 Å². The number of hydrogen-bond donors (Lipinski definition) is 1. The molecule has 20 heavy (non-hydrogen) atoms. The summed E-state index contributed by atoms with van der Waals surface area (Å²) in [4.78, 5) is 2.56. The van der Waals surface area contributed by atoms with E-state index in [-0.39, 0.29) is 0 Å². The highest BCUT2D eigenvalue weighted by atomic mass is 16.7. The maximum Gasteiger partial charge on any atom is 0.195 e. The summed E-state index contributed by atoms with van der Waals surface area (Å²) in [6, 6.07) is 8.66. The molecular formula is C16H22N2O2. The fraction of sp³-hybridized carbons (Fsp3) is 0.625. The summed E-state index contributed by atoms with van der Waals surface area (Å²) in [5.41, 5.74) is 2.69. The van der Waals surface area contributed by atoms with Crippen molar-refractivity contribution in [1.29, 1.82) is 0 Å². The zero-order valence-corrected chi connectivity index (χ0v) is 11.8. The SMILES string of the molecule is c1ccc2c(c1)C(CN1CCNCC1)CC21OCCO1. The van der Waals surface area contributed by atoms with E-state index in [0.717, 1.165) is 39.1 Å². The Kier molecular flexibility index (Phi) is 3.27. The number of nitrogens with one attached hydrogen (secondary N) is 1. The number of rotatable bonds is 2. The van der Waals surface area contributed by atoms with E-state index in [9.17, 15) is 0 Å². The van der Waals surface area contributed by atoms with Gasteiger partial charge in [0.15, 0.2) is 5.79 Å². The van der Waals surface area contributed by atoms with Crippen LogP contribution in [0.15, 0.2) is 24.3 Å². The van der Waals surface area contributed by atoms with E-state index >= 15 is 0 Å². The Morgan fingerprint density at radius 2 is 1.90 bits per heavy atom. The quantitative estimate of drug-likeness (QED) is 0.881. The Balaban J connectivity index is 1.59. The lowest BCUT2D eigenvalue weighted by Gasteiger charge is -2.30. The molecule has 4 nitrogen and oxygen atoms in total. The molecule has 1 unspecified atom stereocenters. The van der Waals surface area contributed by atoms with Gasteiger partial charge in [-0.2, -0.15) is 0 Å². The predicted molar refractivity (Wildman–Crippen MR) is 76.7 cm³/mol. The molecule has 0 radical (unpaired) electrons. The molecule has 2 aliphatic heterocycles. The van der Waals surface area contributed by atoms with Crippen molar-refractivity contribution in [1.82, 2.24) is 10.2 Å². The molecule has 2 fully saturated rings. The number of piperazine rings is 1. The average molecular weight is 274 g/mol. The van der Waals surface area contributed by atoms with Gasteiger partial charge in [0.05, 0.1) is 13.2 Å². The first kappa shape index (κ1) is 12.8. The van der Waals surface area contributed by atoms with Gasteiger partial charge in [0.25, 0.3) is 0 Å². The Hall–Kier alpha value is -0.940. The van der Waals surface area contributed by atoms with Gasteiger partial charge >= 0.3 is 0 Å². The van der Waals surface area contributed by atoms with Gasteiger partial charge < -0.3 is 19.7 Å². The normalized spacial score (nSPS) is 28.9.